The van der Waals surface area contributed by atoms with Gasteiger partial charge in [-0.25, -0.2) is 0 Å². The highest BCUT2D eigenvalue weighted by Crippen LogP contribution is 2.39. The van der Waals surface area contributed by atoms with Crippen LogP contribution < -0.4 is 24.3 Å². The molecule has 0 bridgehead atoms. The van der Waals surface area contributed by atoms with E-state index in [0.717, 1.165) is 22.8 Å². The molecule has 0 aliphatic heterocycles. The van der Waals surface area contributed by atoms with E-state index < -0.39 is 5.91 Å². The summed E-state index contributed by atoms with van der Waals surface area (Å²) in [5, 5.41) is 13.0. The number of nitrogens with zero attached hydrogens (tertiary/aromatic N) is 3. The molecule has 3 rings (SSSR count). The van der Waals surface area contributed by atoms with E-state index in [1.54, 1.807) is 12.1 Å². The molecule has 36 heavy (non-hydrogen) atoms. The monoisotopic (exact) mass is 526 g/mol. The number of aromatic nitrogens is 2. The topological polar surface area (TPSA) is 116 Å². The van der Waals surface area contributed by atoms with Crippen molar-refractivity contribution in [1.82, 2.24) is 9.36 Å². The Balaban J connectivity index is 1.72. The number of rotatable bonds is 11. The van der Waals surface area contributed by atoms with Gasteiger partial charge in [0.05, 0.1) is 14.2 Å². The Hall–Kier alpha value is -3.75. The van der Waals surface area contributed by atoms with Gasteiger partial charge in [-0.2, -0.15) is 14.6 Å². The molecule has 1 aromatic heterocycles. The minimum Gasteiger partial charge on any atom is -0.493 e. The second-order valence-electron chi connectivity index (χ2n) is 7.41. The van der Waals surface area contributed by atoms with E-state index in [1.807, 2.05) is 44.4 Å². The smallest absolute Gasteiger partial charge is 0.268 e. The fraction of sp³-hybridized carbons (Fsp3) is 0.280. The third-order valence-electron chi connectivity index (χ3n) is 5.05. The van der Waals surface area contributed by atoms with Gasteiger partial charge in [0.25, 0.3) is 5.91 Å². The van der Waals surface area contributed by atoms with E-state index in [1.165, 1.54) is 37.6 Å². The van der Waals surface area contributed by atoms with Crippen LogP contribution in [0.4, 0.5) is 5.13 Å². The summed E-state index contributed by atoms with van der Waals surface area (Å²) in [4.78, 5) is 16.7. The molecule has 0 radical (unpaired) electrons. The van der Waals surface area contributed by atoms with Crippen molar-refractivity contribution in [3.63, 3.8) is 0 Å². The SMILES string of the molecule is COc1cc(C=C(C#N)C(=O)Nc2nc(SC)ns2)cc(OC)c1OCCOc1ccc(C)c(C)c1. The van der Waals surface area contributed by atoms with Crippen LogP contribution in [-0.2, 0) is 4.79 Å². The first-order valence-corrected chi connectivity index (χ1v) is 12.8. The summed E-state index contributed by atoms with van der Waals surface area (Å²) < 4.78 is 26.7. The molecular formula is C25H26N4O5S2. The van der Waals surface area contributed by atoms with Gasteiger partial charge in [0.1, 0.15) is 30.6 Å². The van der Waals surface area contributed by atoms with Crippen LogP contribution in [0.15, 0.2) is 41.1 Å². The molecule has 9 nitrogen and oxygen atoms in total. The lowest BCUT2D eigenvalue weighted by atomic mass is 10.1. The van der Waals surface area contributed by atoms with E-state index in [4.69, 9.17) is 18.9 Å². The average Bonchev–Trinajstić information content (AvgIpc) is 3.34. The van der Waals surface area contributed by atoms with Gasteiger partial charge in [0.2, 0.25) is 16.0 Å². The molecule has 2 aromatic carbocycles. The van der Waals surface area contributed by atoms with Gasteiger partial charge in [-0.3, -0.25) is 10.1 Å². The van der Waals surface area contributed by atoms with Gasteiger partial charge in [-0.05, 0) is 67.1 Å². The van der Waals surface area contributed by atoms with Crippen molar-refractivity contribution in [3.05, 3.63) is 52.6 Å². The van der Waals surface area contributed by atoms with E-state index in [2.05, 4.69) is 14.7 Å². The minimum absolute atomic E-state index is 0.115. The number of anilines is 1. The lowest BCUT2D eigenvalue weighted by Gasteiger charge is -2.16. The molecule has 0 unspecified atom stereocenters. The van der Waals surface area contributed by atoms with Gasteiger partial charge in [-0.1, -0.05) is 17.8 Å². The lowest BCUT2D eigenvalue weighted by molar-refractivity contribution is -0.112. The van der Waals surface area contributed by atoms with Crippen LogP contribution in [0.1, 0.15) is 16.7 Å². The summed E-state index contributed by atoms with van der Waals surface area (Å²) in [6.07, 6.45) is 3.27. The number of amides is 1. The molecule has 0 saturated carbocycles. The molecule has 1 amide bonds. The quantitative estimate of drug-likeness (QED) is 0.161. The standard InChI is InChI=1S/C25H26N4O5S2/c1-15-6-7-19(10-16(15)2)33-8-9-34-22-20(31-3)12-17(13-21(22)32-4)11-18(14-26)23(30)27-24-28-25(35-5)29-36-24/h6-7,10-13H,8-9H2,1-5H3,(H,27,28,29,30). The van der Waals surface area contributed by atoms with E-state index in [-0.39, 0.29) is 12.2 Å². The Bertz CT molecular complexity index is 1270. The largest absolute Gasteiger partial charge is 0.493 e. The number of nitriles is 1. The zero-order valence-electron chi connectivity index (χ0n) is 20.6. The molecular weight excluding hydrogens is 500 g/mol. The number of carbonyl (C=O) groups is 1. The third-order valence-corrected chi connectivity index (χ3v) is 6.34. The van der Waals surface area contributed by atoms with Crippen LogP contribution >= 0.6 is 23.3 Å². The van der Waals surface area contributed by atoms with Gasteiger partial charge < -0.3 is 18.9 Å². The molecule has 0 fully saturated rings. The zero-order valence-corrected chi connectivity index (χ0v) is 22.2. The van der Waals surface area contributed by atoms with Crippen molar-refractivity contribution >= 4 is 40.4 Å². The number of thioether (sulfide) groups is 1. The second kappa shape index (κ2) is 12.8. The Morgan fingerprint density at radius 2 is 1.81 bits per heavy atom. The molecule has 188 valence electrons. The van der Waals surface area contributed by atoms with Gasteiger partial charge >= 0.3 is 0 Å². The molecule has 3 aromatic rings. The normalized spacial score (nSPS) is 10.9. The van der Waals surface area contributed by atoms with Crippen LogP contribution in [0.2, 0.25) is 0 Å². The fourth-order valence-electron chi connectivity index (χ4n) is 3.06. The van der Waals surface area contributed by atoms with Gasteiger partial charge in [0.15, 0.2) is 11.5 Å². The van der Waals surface area contributed by atoms with Crippen LogP contribution in [0, 0.1) is 25.2 Å². The summed E-state index contributed by atoms with van der Waals surface area (Å²) in [6.45, 7) is 4.65. The Labute approximate surface area is 218 Å². The van der Waals surface area contributed by atoms with Crippen molar-refractivity contribution in [2.75, 3.05) is 39.0 Å². The van der Waals surface area contributed by atoms with E-state index >= 15 is 0 Å². The number of nitrogens with one attached hydrogen (secondary N) is 1. The molecule has 0 aliphatic carbocycles. The van der Waals surface area contributed by atoms with E-state index in [9.17, 15) is 10.1 Å². The molecule has 11 heteroatoms. The first-order chi connectivity index (χ1) is 17.4. The highest BCUT2D eigenvalue weighted by Gasteiger charge is 2.17. The molecule has 0 saturated heterocycles. The summed E-state index contributed by atoms with van der Waals surface area (Å²) in [5.41, 5.74) is 2.76. The Kier molecular flexibility index (Phi) is 9.55. The Morgan fingerprint density at radius 3 is 2.39 bits per heavy atom. The number of carbonyl (C=O) groups excluding carboxylic acids is 1. The zero-order chi connectivity index (χ0) is 26.1. The maximum absolute atomic E-state index is 12.6. The molecule has 1 N–H and O–H groups in total. The van der Waals surface area contributed by atoms with Gasteiger partial charge in [0, 0.05) is 11.5 Å². The van der Waals surface area contributed by atoms with Crippen LogP contribution in [0.5, 0.6) is 23.0 Å². The highest BCUT2D eigenvalue weighted by atomic mass is 32.2. The van der Waals surface area contributed by atoms with Crippen LogP contribution in [-0.4, -0.2) is 49.0 Å². The molecule has 1 heterocycles. The fourth-order valence-corrected chi connectivity index (χ4v) is 4.18. The second-order valence-corrected chi connectivity index (χ2v) is 8.93. The minimum atomic E-state index is -0.594. The first kappa shape index (κ1) is 26.8. The molecule has 0 aliphatic rings. The number of ether oxygens (including phenoxy) is 4. The molecule has 0 atom stereocenters. The highest BCUT2D eigenvalue weighted by molar-refractivity contribution is 7.98. The number of aryl methyl sites for hydroxylation is 2. The number of hydrogen-bond donors (Lipinski definition) is 1. The predicted octanol–water partition coefficient (Wildman–Crippen LogP) is 4.90. The first-order valence-electron chi connectivity index (χ1n) is 10.8. The number of hydrogen-bond acceptors (Lipinski definition) is 10. The maximum atomic E-state index is 12.6. The maximum Gasteiger partial charge on any atom is 0.268 e. The number of benzene rings is 2. The predicted molar refractivity (Wildman–Crippen MR) is 140 cm³/mol. The summed E-state index contributed by atoms with van der Waals surface area (Å²) in [5.74, 6) is 1.34. The summed E-state index contributed by atoms with van der Waals surface area (Å²) in [6, 6.07) is 11.1. The van der Waals surface area contributed by atoms with Gasteiger partial charge in [-0.15, -0.1) is 0 Å². The van der Waals surface area contributed by atoms with Crippen molar-refractivity contribution < 1.29 is 23.7 Å². The third kappa shape index (κ3) is 6.90. The van der Waals surface area contributed by atoms with Crippen LogP contribution in [0.3, 0.4) is 0 Å². The Morgan fingerprint density at radius 1 is 1.11 bits per heavy atom. The van der Waals surface area contributed by atoms with E-state index in [0.29, 0.717) is 39.7 Å². The van der Waals surface area contributed by atoms with Crippen molar-refractivity contribution in [2.24, 2.45) is 0 Å². The van der Waals surface area contributed by atoms with Crippen LogP contribution in [0.25, 0.3) is 6.08 Å². The lowest BCUT2D eigenvalue weighted by Crippen LogP contribution is -2.13. The average molecular weight is 527 g/mol. The summed E-state index contributed by atoms with van der Waals surface area (Å²) >= 11 is 2.40. The van der Waals surface area contributed by atoms with Crippen molar-refractivity contribution in [2.45, 2.75) is 19.0 Å². The number of methoxy groups -OCH3 is 2. The van der Waals surface area contributed by atoms with Crippen molar-refractivity contribution in [1.29, 1.82) is 5.26 Å². The molecule has 0 spiro atoms. The van der Waals surface area contributed by atoms with Crippen molar-refractivity contribution in [3.8, 4) is 29.1 Å². The summed E-state index contributed by atoms with van der Waals surface area (Å²) in [7, 11) is 2.99.